The number of ketones is 1. The van der Waals surface area contributed by atoms with Gasteiger partial charge in [-0.25, -0.2) is 4.99 Å². The summed E-state index contributed by atoms with van der Waals surface area (Å²) in [6.07, 6.45) is 2.95. The summed E-state index contributed by atoms with van der Waals surface area (Å²) in [5, 5.41) is 0.755. The molecule has 0 spiro atoms. The Labute approximate surface area is 113 Å². The largest absolute Gasteiger partial charge is 0.287 e. The lowest BCUT2D eigenvalue weighted by Gasteiger charge is -2.05. The minimum atomic E-state index is -0.386. The molecule has 0 amide bonds. The highest BCUT2D eigenvalue weighted by Crippen LogP contribution is 2.22. The number of aliphatic imine (C=N–C) groups is 1. The third-order valence-electron chi connectivity index (χ3n) is 2.07. The molecule has 0 aromatic heterocycles. The van der Waals surface area contributed by atoms with Crippen LogP contribution >= 0.6 is 34.8 Å². The van der Waals surface area contributed by atoms with E-state index in [0.717, 1.165) is 0 Å². The molecule has 1 aromatic rings. The molecule has 0 N–H and O–H groups in total. The van der Waals surface area contributed by atoms with Gasteiger partial charge in [0.2, 0.25) is 5.78 Å². The molecular formula is C12H6Cl3NO. The second-order valence-electron chi connectivity index (χ2n) is 3.33. The van der Waals surface area contributed by atoms with Gasteiger partial charge < -0.3 is 0 Å². The van der Waals surface area contributed by atoms with E-state index in [1.165, 1.54) is 12.2 Å². The quantitative estimate of drug-likeness (QED) is 0.710. The third kappa shape index (κ3) is 2.97. The topological polar surface area (TPSA) is 29.4 Å². The van der Waals surface area contributed by atoms with Crippen molar-refractivity contribution < 1.29 is 4.79 Å². The van der Waals surface area contributed by atoms with Gasteiger partial charge in [0.1, 0.15) is 0 Å². The van der Waals surface area contributed by atoms with Gasteiger partial charge in [-0.15, -0.1) is 0 Å². The maximum absolute atomic E-state index is 11.3. The SMILES string of the molecule is O=C1C(Cl)=CC(=Nc2ccc(Cl)cc2)C=C1Cl. The molecule has 5 heteroatoms. The van der Waals surface area contributed by atoms with Crippen LogP contribution in [-0.2, 0) is 4.79 Å². The Morgan fingerprint density at radius 1 is 0.882 bits per heavy atom. The van der Waals surface area contributed by atoms with Crippen LogP contribution in [0.1, 0.15) is 0 Å². The lowest BCUT2D eigenvalue weighted by atomic mass is 10.1. The fourth-order valence-electron chi connectivity index (χ4n) is 1.28. The van der Waals surface area contributed by atoms with Gasteiger partial charge in [-0.2, -0.15) is 0 Å². The van der Waals surface area contributed by atoms with E-state index < -0.39 is 0 Å². The predicted octanol–water partition coefficient (Wildman–Crippen LogP) is 4.24. The molecule has 86 valence electrons. The number of halogens is 3. The van der Waals surface area contributed by atoms with Gasteiger partial charge in [-0.3, -0.25) is 4.79 Å². The number of Topliss-reactive ketones (excluding diaryl/α,β-unsaturated/α-hetero) is 1. The van der Waals surface area contributed by atoms with Gasteiger partial charge in [0.25, 0.3) is 0 Å². The van der Waals surface area contributed by atoms with E-state index in [-0.39, 0.29) is 15.8 Å². The Morgan fingerprint density at radius 3 is 1.94 bits per heavy atom. The second kappa shape index (κ2) is 5.05. The van der Waals surface area contributed by atoms with Gasteiger partial charge in [0.15, 0.2) is 0 Å². The van der Waals surface area contributed by atoms with Gasteiger partial charge >= 0.3 is 0 Å². The molecule has 1 aliphatic rings. The summed E-state index contributed by atoms with van der Waals surface area (Å²) in [6, 6.07) is 6.97. The van der Waals surface area contributed by atoms with Crippen molar-refractivity contribution >= 4 is 52.0 Å². The number of hydrogen-bond acceptors (Lipinski definition) is 2. The van der Waals surface area contributed by atoms with Crippen molar-refractivity contribution in [2.45, 2.75) is 0 Å². The Bertz CT molecular complexity index is 532. The molecule has 0 bridgehead atoms. The van der Waals surface area contributed by atoms with Crippen molar-refractivity contribution in [1.82, 2.24) is 0 Å². The molecule has 2 rings (SSSR count). The van der Waals surface area contributed by atoms with Crippen molar-refractivity contribution in [3.8, 4) is 0 Å². The molecular weight excluding hydrogens is 280 g/mol. The van der Waals surface area contributed by atoms with E-state index >= 15 is 0 Å². The molecule has 0 saturated heterocycles. The first-order chi connectivity index (χ1) is 8.06. The van der Waals surface area contributed by atoms with Crippen LogP contribution in [0, 0.1) is 0 Å². The number of carbonyl (C=O) groups is 1. The number of benzene rings is 1. The van der Waals surface area contributed by atoms with Crippen LogP contribution in [0.15, 0.2) is 51.5 Å². The Morgan fingerprint density at radius 2 is 1.41 bits per heavy atom. The zero-order chi connectivity index (χ0) is 12.4. The molecule has 2 nitrogen and oxygen atoms in total. The summed E-state index contributed by atoms with van der Waals surface area (Å²) in [4.78, 5) is 15.6. The molecule has 0 radical (unpaired) electrons. The van der Waals surface area contributed by atoms with E-state index in [2.05, 4.69) is 4.99 Å². The Kier molecular flexibility index (Phi) is 3.67. The van der Waals surface area contributed by atoms with Crippen LogP contribution in [0.3, 0.4) is 0 Å². The zero-order valence-corrected chi connectivity index (χ0v) is 10.7. The Hall–Kier alpha value is -1.09. The highest BCUT2D eigenvalue weighted by molar-refractivity contribution is 6.57. The smallest absolute Gasteiger partial charge is 0.215 e. The van der Waals surface area contributed by atoms with E-state index in [1.807, 2.05) is 0 Å². The van der Waals surface area contributed by atoms with Crippen molar-refractivity contribution in [3.05, 3.63) is 51.5 Å². The van der Waals surface area contributed by atoms with Crippen LogP contribution in [0.2, 0.25) is 5.02 Å². The number of rotatable bonds is 1. The van der Waals surface area contributed by atoms with E-state index in [0.29, 0.717) is 16.4 Å². The van der Waals surface area contributed by atoms with Crippen molar-refractivity contribution in [2.24, 2.45) is 4.99 Å². The zero-order valence-electron chi connectivity index (χ0n) is 8.45. The molecule has 0 fully saturated rings. The summed E-state index contributed by atoms with van der Waals surface area (Å²) in [7, 11) is 0. The monoisotopic (exact) mass is 285 g/mol. The fraction of sp³-hybridized carbons (Fsp3) is 0. The number of nitrogens with zero attached hydrogens (tertiary/aromatic N) is 1. The maximum atomic E-state index is 11.3. The van der Waals surface area contributed by atoms with Crippen molar-refractivity contribution in [2.75, 3.05) is 0 Å². The van der Waals surface area contributed by atoms with Crippen LogP contribution in [-0.4, -0.2) is 11.5 Å². The molecule has 0 saturated carbocycles. The maximum Gasteiger partial charge on any atom is 0.215 e. The minimum absolute atomic E-state index is 0.0604. The molecule has 1 aromatic carbocycles. The van der Waals surface area contributed by atoms with Crippen LogP contribution in [0.25, 0.3) is 0 Å². The van der Waals surface area contributed by atoms with E-state index in [1.54, 1.807) is 24.3 Å². The standard InChI is InChI=1S/C12H6Cl3NO/c13-7-1-3-8(4-2-7)16-9-5-10(14)12(17)11(15)6-9/h1-6H. The molecule has 0 heterocycles. The van der Waals surface area contributed by atoms with Gasteiger partial charge in [0, 0.05) is 5.02 Å². The average molecular weight is 287 g/mol. The first-order valence-corrected chi connectivity index (χ1v) is 5.83. The summed E-state index contributed by atoms with van der Waals surface area (Å²) < 4.78 is 0. The minimum Gasteiger partial charge on any atom is -0.287 e. The normalized spacial score (nSPS) is 15.5. The summed E-state index contributed by atoms with van der Waals surface area (Å²) in [5.74, 6) is -0.386. The van der Waals surface area contributed by atoms with E-state index in [9.17, 15) is 4.79 Å². The number of hydrogen-bond donors (Lipinski definition) is 0. The molecule has 0 aliphatic heterocycles. The number of allylic oxidation sites excluding steroid dienone is 4. The van der Waals surface area contributed by atoms with Crippen molar-refractivity contribution in [1.29, 1.82) is 0 Å². The van der Waals surface area contributed by atoms with Crippen molar-refractivity contribution in [3.63, 3.8) is 0 Å². The first-order valence-electron chi connectivity index (χ1n) is 4.69. The van der Waals surface area contributed by atoms with E-state index in [4.69, 9.17) is 34.8 Å². The first kappa shape index (κ1) is 12.4. The highest BCUT2D eigenvalue weighted by atomic mass is 35.5. The predicted molar refractivity (Wildman–Crippen MR) is 71.4 cm³/mol. The molecule has 0 atom stereocenters. The Balaban J connectivity index is 2.35. The average Bonchev–Trinajstić information content (AvgIpc) is 2.29. The molecule has 1 aliphatic carbocycles. The molecule has 0 unspecified atom stereocenters. The summed E-state index contributed by atoms with van der Waals surface area (Å²) >= 11 is 17.2. The van der Waals surface area contributed by atoms with Crippen LogP contribution in [0.4, 0.5) is 5.69 Å². The van der Waals surface area contributed by atoms with Crippen LogP contribution < -0.4 is 0 Å². The third-order valence-corrected chi connectivity index (χ3v) is 2.88. The highest BCUT2D eigenvalue weighted by Gasteiger charge is 2.17. The number of carbonyl (C=O) groups excluding carboxylic acids is 1. The summed E-state index contributed by atoms with van der Waals surface area (Å²) in [6.45, 7) is 0. The second-order valence-corrected chi connectivity index (χ2v) is 4.58. The van der Waals surface area contributed by atoms with Gasteiger partial charge in [-0.05, 0) is 36.4 Å². The lowest BCUT2D eigenvalue weighted by Crippen LogP contribution is -2.07. The van der Waals surface area contributed by atoms with Gasteiger partial charge in [0.05, 0.1) is 21.5 Å². The fourth-order valence-corrected chi connectivity index (χ4v) is 1.88. The molecule has 17 heavy (non-hydrogen) atoms. The summed E-state index contributed by atoms with van der Waals surface area (Å²) in [5.41, 5.74) is 1.24. The van der Waals surface area contributed by atoms with Crippen LogP contribution in [0.5, 0.6) is 0 Å². The van der Waals surface area contributed by atoms with Gasteiger partial charge in [-0.1, -0.05) is 34.8 Å². The lowest BCUT2D eigenvalue weighted by molar-refractivity contribution is -0.111.